The fraction of sp³-hybridized carbons (Fsp3) is 0.250. The van der Waals surface area contributed by atoms with Gasteiger partial charge in [0.05, 0.1) is 6.10 Å². The van der Waals surface area contributed by atoms with Crippen LogP contribution >= 0.6 is 15.9 Å². The van der Waals surface area contributed by atoms with Crippen LogP contribution in [0.2, 0.25) is 0 Å². The zero-order valence-electron chi connectivity index (χ0n) is 9.55. The van der Waals surface area contributed by atoms with E-state index in [4.69, 9.17) is 0 Å². The topological polar surface area (TPSA) is 58.9 Å². The van der Waals surface area contributed by atoms with Crippen LogP contribution in [-0.4, -0.2) is 20.1 Å². The molecule has 2 aromatic heterocycles. The van der Waals surface area contributed by atoms with E-state index in [0.29, 0.717) is 5.82 Å². The fourth-order valence-corrected chi connectivity index (χ4v) is 1.92. The van der Waals surface area contributed by atoms with Gasteiger partial charge in [-0.25, -0.2) is 9.97 Å². The van der Waals surface area contributed by atoms with Crippen molar-refractivity contribution >= 4 is 15.9 Å². The summed E-state index contributed by atoms with van der Waals surface area (Å²) in [6.45, 7) is 3.56. The van der Waals surface area contributed by atoms with Gasteiger partial charge in [0.25, 0.3) is 0 Å². The van der Waals surface area contributed by atoms with Gasteiger partial charge in [0.2, 0.25) is 0 Å². The van der Waals surface area contributed by atoms with Gasteiger partial charge in [0.15, 0.2) is 5.82 Å². The number of halogens is 1. The van der Waals surface area contributed by atoms with Gasteiger partial charge in [-0.2, -0.15) is 0 Å². The number of aliphatic hydroxyl groups is 1. The number of aliphatic hydroxyl groups excluding tert-OH is 1. The van der Waals surface area contributed by atoms with Gasteiger partial charge in [-0.15, -0.1) is 0 Å². The number of pyridine rings is 1. The summed E-state index contributed by atoms with van der Waals surface area (Å²) in [7, 11) is 0. The molecule has 0 unspecified atom stereocenters. The monoisotopic (exact) mass is 293 g/mol. The maximum absolute atomic E-state index is 9.51. The highest BCUT2D eigenvalue weighted by molar-refractivity contribution is 9.10. The van der Waals surface area contributed by atoms with E-state index in [0.717, 1.165) is 21.3 Å². The number of aromatic nitrogens is 3. The molecule has 0 amide bonds. The summed E-state index contributed by atoms with van der Waals surface area (Å²) in [5, 5.41) is 9.51. The van der Waals surface area contributed by atoms with Crippen LogP contribution in [0.1, 0.15) is 24.3 Å². The van der Waals surface area contributed by atoms with Crippen molar-refractivity contribution in [2.75, 3.05) is 0 Å². The number of rotatable bonds is 2. The van der Waals surface area contributed by atoms with Gasteiger partial charge < -0.3 is 5.11 Å². The molecule has 0 bridgehead atoms. The molecule has 17 heavy (non-hydrogen) atoms. The van der Waals surface area contributed by atoms with Gasteiger partial charge in [-0.3, -0.25) is 4.98 Å². The second kappa shape index (κ2) is 4.89. The first-order valence-electron chi connectivity index (χ1n) is 5.20. The summed E-state index contributed by atoms with van der Waals surface area (Å²) < 4.78 is 0.885. The second-order valence-corrected chi connectivity index (χ2v) is 4.72. The summed E-state index contributed by atoms with van der Waals surface area (Å²) in [5.74, 6) is 0.612. The fourth-order valence-electron chi connectivity index (χ4n) is 1.56. The summed E-state index contributed by atoms with van der Waals surface area (Å²) in [6, 6.07) is 1.91. The largest absolute Gasteiger partial charge is 0.389 e. The average molecular weight is 294 g/mol. The highest BCUT2D eigenvalue weighted by atomic mass is 79.9. The van der Waals surface area contributed by atoms with E-state index in [-0.39, 0.29) is 0 Å². The van der Waals surface area contributed by atoms with Crippen LogP contribution in [-0.2, 0) is 0 Å². The highest BCUT2D eigenvalue weighted by Crippen LogP contribution is 2.21. The number of hydrogen-bond donors (Lipinski definition) is 1. The van der Waals surface area contributed by atoms with Crippen LogP contribution in [0.4, 0.5) is 0 Å². The molecule has 0 aromatic carbocycles. The standard InChI is InChI=1S/C12H12BrN3O/c1-7-11(8(2)17)6-15-12(16-7)9-3-10(13)5-14-4-9/h3-6,8,17H,1-2H3/t8-/m0/s1. The molecule has 0 saturated carbocycles. The van der Waals surface area contributed by atoms with Crippen molar-refractivity contribution in [3.8, 4) is 11.4 Å². The lowest BCUT2D eigenvalue weighted by Gasteiger charge is -2.08. The zero-order valence-corrected chi connectivity index (χ0v) is 11.1. The molecule has 2 heterocycles. The maximum atomic E-state index is 9.51. The van der Waals surface area contributed by atoms with E-state index in [1.54, 1.807) is 25.5 Å². The predicted octanol–water partition coefficient (Wildman–Crippen LogP) is 2.66. The predicted molar refractivity (Wildman–Crippen MR) is 68.3 cm³/mol. The zero-order chi connectivity index (χ0) is 12.4. The number of hydrogen-bond acceptors (Lipinski definition) is 4. The Morgan fingerprint density at radius 2 is 2.06 bits per heavy atom. The minimum absolute atomic E-state index is 0.551. The van der Waals surface area contributed by atoms with Crippen molar-refractivity contribution in [1.29, 1.82) is 0 Å². The van der Waals surface area contributed by atoms with E-state index >= 15 is 0 Å². The van der Waals surface area contributed by atoms with Crippen molar-refractivity contribution < 1.29 is 5.11 Å². The van der Waals surface area contributed by atoms with Gasteiger partial charge >= 0.3 is 0 Å². The Bertz CT molecular complexity index is 543. The molecule has 0 aliphatic heterocycles. The molecule has 0 saturated heterocycles. The van der Waals surface area contributed by atoms with Crippen molar-refractivity contribution in [3.05, 3.63) is 40.4 Å². The Labute approximate surface area is 108 Å². The smallest absolute Gasteiger partial charge is 0.160 e. The van der Waals surface area contributed by atoms with Gasteiger partial charge in [0.1, 0.15) is 0 Å². The molecule has 2 aromatic rings. The Hall–Kier alpha value is -1.33. The Morgan fingerprint density at radius 3 is 2.65 bits per heavy atom. The summed E-state index contributed by atoms with van der Waals surface area (Å²) in [5.41, 5.74) is 2.38. The van der Waals surface area contributed by atoms with E-state index in [1.807, 2.05) is 13.0 Å². The Kier molecular flexibility index (Phi) is 3.49. The molecule has 4 nitrogen and oxygen atoms in total. The lowest BCUT2D eigenvalue weighted by atomic mass is 10.1. The second-order valence-electron chi connectivity index (χ2n) is 3.80. The Balaban J connectivity index is 2.44. The van der Waals surface area contributed by atoms with E-state index in [1.165, 1.54) is 0 Å². The molecule has 2 rings (SSSR count). The molecule has 0 fully saturated rings. The van der Waals surface area contributed by atoms with Crippen molar-refractivity contribution in [2.45, 2.75) is 20.0 Å². The first kappa shape index (κ1) is 12.1. The normalized spacial score (nSPS) is 12.5. The van der Waals surface area contributed by atoms with Crippen LogP contribution in [0.15, 0.2) is 29.1 Å². The summed E-state index contributed by atoms with van der Waals surface area (Å²) in [6.07, 6.45) is 4.52. The van der Waals surface area contributed by atoms with Crippen molar-refractivity contribution in [3.63, 3.8) is 0 Å². The lowest BCUT2D eigenvalue weighted by Crippen LogP contribution is -2.01. The average Bonchev–Trinajstić information content (AvgIpc) is 2.28. The quantitative estimate of drug-likeness (QED) is 0.925. The van der Waals surface area contributed by atoms with Crippen molar-refractivity contribution in [1.82, 2.24) is 15.0 Å². The van der Waals surface area contributed by atoms with Gasteiger partial charge in [0, 0.05) is 39.9 Å². The summed E-state index contributed by atoms with van der Waals surface area (Å²) in [4.78, 5) is 12.7. The molecule has 5 heteroatoms. The van der Waals surface area contributed by atoms with Crippen molar-refractivity contribution in [2.24, 2.45) is 0 Å². The SMILES string of the molecule is Cc1nc(-c2cncc(Br)c2)ncc1[C@H](C)O. The van der Waals surface area contributed by atoms with E-state index < -0.39 is 6.10 Å². The lowest BCUT2D eigenvalue weighted by molar-refractivity contribution is 0.197. The van der Waals surface area contributed by atoms with Crippen LogP contribution < -0.4 is 0 Å². The molecular weight excluding hydrogens is 282 g/mol. The molecule has 0 aliphatic rings. The van der Waals surface area contributed by atoms with Gasteiger partial charge in [-0.1, -0.05) is 0 Å². The third kappa shape index (κ3) is 2.68. The first-order chi connectivity index (χ1) is 8.08. The summed E-state index contributed by atoms with van der Waals surface area (Å²) >= 11 is 3.36. The van der Waals surface area contributed by atoms with Gasteiger partial charge in [-0.05, 0) is 35.8 Å². The minimum Gasteiger partial charge on any atom is -0.389 e. The Morgan fingerprint density at radius 1 is 1.29 bits per heavy atom. The van der Waals surface area contributed by atoms with E-state index in [2.05, 4.69) is 30.9 Å². The third-order valence-electron chi connectivity index (χ3n) is 2.43. The van der Waals surface area contributed by atoms with Crippen LogP contribution in [0, 0.1) is 6.92 Å². The molecular formula is C12H12BrN3O. The molecule has 0 radical (unpaired) electrons. The minimum atomic E-state index is -0.551. The van der Waals surface area contributed by atoms with E-state index in [9.17, 15) is 5.11 Å². The molecule has 0 aliphatic carbocycles. The third-order valence-corrected chi connectivity index (χ3v) is 2.86. The molecule has 88 valence electrons. The number of nitrogens with zero attached hydrogens (tertiary/aromatic N) is 3. The number of aryl methyl sites for hydroxylation is 1. The molecule has 1 atom stereocenters. The van der Waals surface area contributed by atoms with Crippen LogP contribution in [0.3, 0.4) is 0 Å². The highest BCUT2D eigenvalue weighted by Gasteiger charge is 2.09. The molecule has 1 N–H and O–H groups in total. The van der Waals surface area contributed by atoms with Crippen LogP contribution in [0.25, 0.3) is 11.4 Å². The maximum Gasteiger partial charge on any atom is 0.160 e. The molecule has 0 spiro atoms. The first-order valence-corrected chi connectivity index (χ1v) is 5.99. The van der Waals surface area contributed by atoms with Crippen LogP contribution in [0.5, 0.6) is 0 Å².